The van der Waals surface area contributed by atoms with E-state index in [-0.39, 0.29) is 36.4 Å². The summed E-state index contributed by atoms with van der Waals surface area (Å²) in [7, 11) is -3.14. The van der Waals surface area contributed by atoms with Crippen molar-refractivity contribution in [1.29, 1.82) is 0 Å². The van der Waals surface area contributed by atoms with Gasteiger partial charge in [0.25, 0.3) is 0 Å². The maximum Gasteiger partial charge on any atom is 0.243 e. The highest BCUT2D eigenvalue weighted by atomic mass is 32.2. The van der Waals surface area contributed by atoms with Crippen LogP contribution in [0, 0.1) is 0 Å². The van der Waals surface area contributed by atoms with Gasteiger partial charge in [-0.05, 0) is 12.8 Å². The number of nitrogens with one attached hydrogen (secondary N) is 1. The van der Waals surface area contributed by atoms with Gasteiger partial charge in [0.2, 0.25) is 11.8 Å². The third-order valence-corrected chi connectivity index (χ3v) is 4.97. The molecule has 1 atom stereocenters. The largest absolute Gasteiger partial charge is 0.345 e. The van der Waals surface area contributed by atoms with Crippen LogP contribution in [0.3, 0.4) is 0 Å². The molecule has 1 N–H and O–H groups in total. The van der Waals surface area contributed by atoms with Crippen LogP contribution in [0.25, 0.3) is 0 Å². The molecule has 7 heteroatoms. The SMILES string of the molecule is CCCC1C(=O)NCC(=O)N1CCS(=O)(=O)CCC. The first-order valence-electron chi connectivity index (χ1n) is 6.69. The minimum Gasteiger partial charge on any atom is -0.345 e. The summed E-state index contributed by atoms with van der Waals surface area (Å²) in [4.78, 5) is 25.0. The molecule has 0 aromatic carbocycles. The molecule has 1 fully saturated rings. The van der Waals surface area contributed by atoms with Gasteiger partial charge in [-0.1, -0.05) is 20.3 Å². The van der Waals surface area contributed by atoms with Crippen molar-refractivity contribution in [3.8, 4) is 0 Å². The van der Waals surface area contributed by atoms with Gasteiger partial charge in [0.1, 0.15) is 6.04 Å². The zero-order chi connectivity index (χ0) is 14.5. The number of hydrogen-bond donors (Lipinski definition) is 1. The lowest BCUT2D eigenvalue weighted by molar-refractivity contribution is -0.145. The Morgan fingerprint density at radius 1 is 1.21 bits per heavy atom. The molecule has 0 bridgehead atoms. The van der Waals surface area contributed by atoms with Crippen LogP contribution in [0.15, 0.2) is 0 Å². The standard InChI is InChI=1S/C12H22N2O4S/c1-3-5-10-12(16)13-9-11(15)14(10)6-8-19(17,18)7-4-2/h10H,3-9H2,1-2H3,(H,13,16). The monoisotopic (exact) mass is 290 g/mol. The normalized spacial score (nSPS) is 20.5. The summed E-state index contributed by atoms with van der Waals surface area (Å²) < 4.78 is 23.4. The lowest BCUT2D eigenvalue weighted by Gasteiger charge is -2.34. The highest BCUT2D eigenvalue weighted by molar-refractivity contribution is 7.91. The third kappa shape index (κ3) is 4.49. The average Bonchev–Trinajstić information content (AvgIpc) is 2.33. The van der Waals surface area contributed by atoms with Crippen LogP contribution in [0.5, 0.6) is 0 Å². The molecule has 0 aromatic heterocycles. The summed E-state index contributed by atoms with van der Waals surface area (Å²) in [6, 6.07) is -0.525. The number of piperazine rings is 1. The topological polar surface area (TPSA) is 83.6 Å². The lowest BCUT2D eigenvalue weighted by atomic mass is 10.1. The van der Waals surface area contributed by atoms with Gasteiger partial charge in [-0.25, -0.2) is 8.42 Å². The van der Waals surface area contributed by atoms with E-state index in [0.717, 1.165) is 6.42 Å². The first-order chi connectivity index (χ1) is 8.91. The number of carbonyl (C=O) groups is 2. The average molecular weight is 290 g/mol. The fourth-order valence-corrected chi connectivity index (χ4v) is 3.49. The minimum atomic E-state index is -3.14. The van der Waals surface area contributed by atoms with E-state index in [2.05, 4.69) is 5.32 Å². The van der Waals surface area contributed by atoms with Crippen LogP contribution in [-0.2, 0) is 19.4 Å². The van der Waals surface area contributed by atoms with E-state index in [0.29, 0.717) is 12.8 Å². The van der Waals surface area contributed by atoms with Gasteiger partial charge in [0.15, 0.2) is 9.84 Å². The molecule has 0 saturated carbocycles. The number of amides is 2. The van der Waals surface area contributed by atoms with E-state index in [9.17, 15) is 18.0 Å². The van der Waals surface area contributed by atoms with E-state index >= 15 is 0 Å². The van der Waals surface area contributed by atoms with Crippen molar-refractivity contribution < 1.29 is 18.0 Å². The summed E-state index contributed by atoms with van der Waals surface area (Å²) in [5.41, 5.74) is 0. The Morgan fingerprint density at radius 3 is 2.47 bits per heavy atom. The van der Waals surface area contributed by atoms with Crippen molar-refractivity contribution >= 4 is 21.7 Å². The van der Waals surface area contributed by atoms with E-state index in [4.69, 9.17) is 0 Å². The highest BCUT2D eigenvalue weighted by Gasteiger charge is 2.33. The summed E-state index contributed by atoms with van der Waals surface area (Å²) in [6.07, 6.45) is 1.89. The quantitative estimate of drug-likeness (QED) is 0.712. The van der Waals surface area contributed by atoms with Gasteiger partial charge in [0.05, 0.1) is 12.3 Å². The highest BCUT2D eigenvalue weighted by Crippen LogP contribution is 2.12. The fourth-order valence-electron chi connectivity index (χ4n) is 2.19. The van der Waals surface area contributed by atoms with Gasteiger partial charge in [-0.15, -0.1) is 0 Å². The second-order valence-electron chi connectivity index (χ2n) is 4.76. The minimum absolute atomic E-state index is 0.0348. The van der Waals surface area contributed by atoms with Crippen molar-refractivity contribution in [3.05, 3.63) is 0 Å². The lowest BCUT2D eigenvalue weighted by Crippen LogP contribution is -2.59. The van der Waals surface area contributed by atoms with Crippen molar-refractivity contribution in [2.45, 2.75) is 39.2 Å². The Balaban J connectivity index is 2.71. The Labute approximate surface area is 114 Å². The molecule has 0 aliphatic carbocycles. The van der Waals surface area contributed by atoms with E-state index in [1.807, 2.05) is 6.92 Å². The van der Waals surface area contributed by atoms with Crippen molar-refractivity contribution in [3.63, 3.8) is 0 Å². The van der Waals surface area contributed by atoms with E-state index < -0.39 is 15.9 Å². The Kier molecular flexibility index (Phi) is 5.78. The molecule has 19 heavy (non-hydrogen) atoms. The van der Waals surface area contributed by atoms with Crippen LogP contribution in [0.1, 0.15) is 33.1 Å². The summed E-state index contributed by atoms with van der Waals surface area (Å²) in [5, 5.41) is 2.54. The Hall–Kier alpha value is -1.11. The zero-order valence-corrected chi connectivity index (χ0v) is 12.3. The fraction of sp³-hybridized carbons (Fsp3) is 0.833. The molecular weight excluding hydrogens is 268 g/mol. The van der Waals surface area contributed by atoms with Crippen LogP contribution >= 0.6 is 0 Å². The van der Waals surface area contributed by atoms with Crippen LogP contribution in [0.4, 0.5) is 0 Å². The third-order valence-electron chi connectivity index (χ3n) is 3.13. The molecule has 6 nitrogen and oxygen atoms in total. The molecule has 1 saturated heterocycles. The van der Waals surface area contributed by atoms with Crippen molar-refractivity contribution in [1.82, 2.24) is 10.2 Å². The number of hydrogen-bond acceptors (Lipinski definition) is 4. The molecule has 2 amide bonds. The first kappa shape index (κ1) is 15.9. The molecule has 1 aliphatic heterocycles. The van der Waals surface area contributed by atoms with Crippen LogP contribution in [0.2, 0.25) is 0 Å². The molecule has 0 radical (unpaired) electrons. The number of nitrogens with zero attached hydrogens (tertiary/aromatic N) is 1. The van der Waals surface area contributed by atoms with Gasteiger partial charge in [-0.2, -0.15) is 0 Å². The Morgan fingerprint density at radius 2 is 1.89 bits per heavy atom. The molecule has 1 aliphatic rings. The number of sulfone groups is 1. The second-order valence-corrected chi connectivity index (χ2v) is 7.06. The summed E-state index contributed by atoms with van der Waals surface area (Å²) >= 11 is 0. The molecule has 1 unspecified atom stereocenters. The first-order valence-corrected chi connectivity index (χ1v) is 8.51. The maximum absolute atomic E-state index is 11.8. The Bertz CT molecular complexity index is 433. The summed E-state index contributed by atoms with van der Waals surface area (Å²) in [5.74, 6) is -0.334. The van der Waals surface area contributed by atoms with Gasteiger partial charge < -0.3 is 10.2 Å². The molecule has 1 heterocycles. The maximum atomic E-state index is 11.8. The van der Waals surface area contributed by atoms with Crippen LogP contribution in [-0.4, -0.2) is 55.8 Å². The zero-order valence-electron chi connectivity index (χ0n) is 11.5. The summed E-state index contributed by atoms with van der Waals surface area (Å²) in [6.45, 7) is 3.81. The van der Waals surface area contributed by atoms with Gasteiger partial charge in [0, 0.05) is 12.3 Å². The van der Waals surface area contributed by atoms with Gasteiger partial charge >= 0.3 is 0 Å². The molecule has 0 aromatic rings. The predicted molar refractivity (Wildman–Crippen MR) is 72.4 cm³/mol. The van der Waals surface area contributed by atoms with E-state index in [1.165, 1.54) is 4.90 Å². The number of rotatable bonds is 7. The van der Waals surface area contributed by atoms with Crippen LogP contribution < -0.4 is 5.32 Å². The van der Waals surface area contributed by atoms with Gasteiger partial charge in [-0.3, -0.25) is 9.59 Å². The molecular formula is C12H22N2O4S. The smallest absolute Gasteiger partial charge is 0.243 e. The molecule has 1 rings (SSSR count). The van der Waals surface area contributed by atoms with Crippen molar-refractivity contribution in [2.24, 2.45) is 0 Å². The molecule has 110 valence electrons. The number of carbonyl (C=O) groups excluding carboxylic acids is 2. The van der Waals surface area contributed by atoms with Crippen molar-refractivity contribution in [2.75, 3.05) is 24.6 Å². The second kappa shape index (κ2) is 6.88. The molecule has 0 spiro atoms. The van der Waals surface area contributed by atoms with E-state index in [1.54, 1.807) is 6.92 Å². The predicted octanol–water partition coefficient (Wildman–Crippen LogP) is -0.0617.